The maximum absolute atomic E-state index is 5.97. The first kappa shape index (κ1) is 12.0. The molecule has 3 rings (SSSR count). The third-order valence-electron chi connectivity index (χ3n) is 3.44. The molecule has 0 aliphatic carbocycles. The average Bonchev–Trinajstić information content (AvgIpc) is 2.97. The molecule has 1 aliphatic rings. The molecular formula is C18H16O. The summed E-state index contributed by atoms with van der Waals surface area (Å²) in [7, 11) is 0. The van der Waals surface area contributed by atoms with Crippen LogP contribution in [0.15, 0.2) is 60.7 Å². The summed E-state index contributed by atoms with van der Waals surface area (Å²) in [6.45, 7) is 0.790. The Balaban J connectivity index is 1.97. The molecule has 2 aromatic rings. The Morgan fingerprint density at radius 3 is 2.21 bits per heavy atom. The van der Waals surface area contributed by atoms with Gasteiger partial charge in [0, 0.05) is 12.2 Å². The van der Waals surface area contributed by atoms with Crippen molar-refractivity contribution in [2.24, 2.45) is 0 Å². The SMILES string of the molecule is C(#CC1(c2ccccc2)CCCO1)c1ccccc1. The zero-order valence-corrected chi connectivity index (χ0v) is 10.8. The van der Waals surface area contributed by atoms with Crippen molar-refractivity contribution < 1.29 is 4.74 Å². The first-order chi connectivity index (χ1) is 9.39. The molecule has 0 radical (unpaired) electrons. The molecule has 94 valence electrons. The smallest absolute Gasteiger partial charge is 0.154 e. The molecule has 1 heteroatoms. The van der Waals surface area contributed by atoms with E-state index in [9.17, 15) is 0 Å². The summed E-state index contributed by atoms with van der Waals surface area (Å²) in [4.78, 5) is 0. The summed E-state index contributed by atoms with van der Waals surface area (Å²) in [5.41, 5.74) is 1.78. The van der Waals surface area contributed by atoms with Gasteiger partial charge in [-0.2, -0.15) is 0 Å². The Labute approximate surface area is 114 Å². The fourth-order valence-electron chi connectivity index (χ4n) is 2.44. The quantitative estimate of drug-likeness (QED) is 0.698. The van der Waals surface area contributed by atoms with Crippen LogP contribution >= 0.6 is 0 Å². The lowest BCUT2D eigenvalue weighted by Crippen LogP contribution is -2.22. The lowest BCUT2D eigenvalue weighted by atomic mass is 9.91. The first-order valence-electron chi connectivity index (χ1n) is 6.67. The van der Waals surface area contributed by atoms with E-state index in [1.54, 1.807) is 0 Å². The molecule has 1 unspecified atom stereocenters. The van der Waals surface area contributed by atoms with Crippen molar-refractivity contribution in [3.05, 3.63) is 71.8 Å². The van der Waals surface area contributed by atoms with Crippen LogP contribution in [0.1, 0.15) is 24.0 Å². The Kier molecular flexibility index (Phi) is 3.35. The van der Waals surface area contributed by atoms with Crippen LogP contribution < -0.4 is 0 Å². The van der Waals surface area contributed by atoms with Crippen LogP contribution in [0.3, 0.4) is 0 Å². The Morgan fingerprint density at radius 2 is 1.58 bits per heavy atom. The second-order valence-electron chi connectivity index (χ2n) is 4.76. The van der Waals surface area contributed by atoms with Gasteiger partial charge in [-0.25, -0.2) is 0 Å². The summed E-state index contributed by atoms with van der Waals surface area (Å²) in [6, 6.07) is 20.4. The van der Waals surface area contributed by atoms with Crippen molar-refractivity contribution in [3.63, 3.8) is 0 Å². The van der Waals surface area contributed by atoms with Gasteiger partial charge in [-0.05, 0) is 30.5 Å². The zero-order chi connectivity index (χ0) is 13.0. The minimum Gasteiger partial charge on any atom is -0.358 e. The molecule has 0 amide bonds. The van der Waals surface area contributed by atoms with Crippen molar-refractivity contribution in [2.75, 3.05) is 6.61 Å². The highest BCUT2D eigenvalue weighted by molar-refractivity contribution is 5.40. The highest BCUT2D eigenvalue weighted by Gasteiger charge is 2.35. The highest BCUT2D eigenvalue weighted by atomic mass is 16.5. The minimum atomic E-state index is -0.420. The number of rotatable bonds is 1. The fourth-order valence-corrected chi connectivity index (χ4v) is 2.44. The first-order valence-corrected chi connectivity index (χ1v) is 6.67. The van der Waals surface area contributed by atoms with Crippen LogP contribution in [-0.2, 0) is 10.3 Å². The van der Waals surface area contributed by atoms with Crippen molar-refractivity contribution in [2.45, 2.75) is 18.4 Å². The van der Waals surface area contributed by atoms with Crippen molar-refractivity contribution in [1.82, 2.24) is 0 Å². The Morgan fingerprint density at radius 1 is 0.895 bits per heavy atom. The maximum Gasteiger partial charge on any atom is 0.154 e. The van der Waals surface area contributed by atoms with E-state index in [-0.39, 0.29) is 0 Å². The third-order valence-corrected chi connectivity index (χ3v) is 3.44. The van der Waals surface area contributed by atoms with Gasteiger partial charge in [0.05, 0.1) is 0 Å². The number of ether oxygens (including phenoxy) is 1. The lowest BCUT2D eigenvalue weighted by Gasteiger charge is -2.22. The fraction of sp³-hybridized carbons (Fsp3) is 0.222. The Bertz CT molecular complexity index is 584. The Hall–Kier alpha value is -2.04. The molecule has 0 N–H and O–H groups in total. The van der Waals surface area contributed by atoms with Crippen LogP contribution in [0.2, 0.25) is 0 Å². The third kappa shape index (κ3) is 2.54. The zero-order valence-electron chi connectivity index (χ0n) is 10.8. The summed E-state index contributed by atoms with van der Waals surface area (Å²) >= 11 is 0. The molecule has 1 fully saturated rings. The van der Waals surface area contributed by atoms with E-state index >= 15 is 0 Å². The largest absolute Gasteiger partial charge is 0.358 e. The average molecular weight is 248 g/mol. The molecule has 2 aromatic carbocycles. The van der Waals surface area contributed by atoms with E-state index in [0.29, 0.717) is 0 Å². The molecular weight excluding hydrogens is 232 g/mol. The van der Waals surface area contributed by atoms with Gasteiger partial charge in [-0.15, -0.1) is 0 Å². The summed E-state index contributed by atoms with van der Waals surface area (Å²) in [5.74, 6) is 6.61. The highest BCUT2D eigenvalue weighted by Crippen LogP contribution is 2.35. The van der Waals surface area contributed by atoms with Gasteiger partial charge in [0.25, 0.3) is 0 Å². The van der Waals surface area contributed by atoms with Crippen molar-refractivity contribution >= 4 is 0 Å². The standard InChI is InChI=1S/C18H16O/c1-3-8-16(9-4-1)12-14-18(13-7-15-19-18)17-10-5-2-6-11-17/h1-6,8-11H,7,13,15H2. The van der Waals surface area contributed by atoms with Crippen LogP contribution in [0.4, 0.5) is 0 Å². The van der Waals surface area contributed by atoms with E-state index < -0.39 is 5.60 Å². The van der Waals surface area contributed by atoms with Crippen LogP contribution in [0, 0.1) is 11.8 Å². The van der Waals surface area contributed by atoms with Gasteiger partial charge in [0.2, 0.25) is 0 Å². The van der Waals surface area contributed by atoms with E-state index in [1.165, 1.54) is 0 Å². The minimum absolute atomic E-state index is 0.420. The van der Waals surface area contributed by atoms with Crippen molar-refractivity contribution in [1.29, 1.82) is 0 Å². The summed E-state index contributed by atoms with van der Waals surface area (Å²) in [5, 5.41) is 0. The number of benzene rings is 2. The predicted molar refractivity (Wildman–Crippen MR) is 76.6 cm³/mol. The molecule has 0 spiro atoms. The second-order valence-corrected chi connectivity index (χ2v) is 4.76. The van der Waals surface area contributed by atoms with Crippen LogP contribution in [-0.4, -0.2) is 6.61 Å². The van der Waals surface area contributed by atoms with Crippen LogP contribution in [0.5, 0.6) is 0 Å². The molecule has 1 heterocycles. The van der Waals surface area contributed by atoms with Gasteiger partial charge in [0.15, 0.2) is 5.60 Å². The van der Waals surface area contributed by atoms with E-state index in [4.69, 9.17) is 4.74 Å². The molecule has 1 saturated heterocycles. The monoisotopic (exact) mass is 248 g/mol. The molecule has 1 atom stereocenters. The van der Waals surface area contributed by atoms with Gasteiger partial charge in [-0.1, -0.05) is 60.4 Å². The van der Waals surface area contributed by atoms with Gasteiger partial charge >= 0.3 is 0 Å². The van der Waals surface area contributed by atoms with Crippen LogP contribution in [0.25, 0.3) is 0 Å². The van der Waals surface area contributed by atoms with E-state index in [1.807, 2.05) is 48.5 Å². The molecule has 1 nitrogen and oxygen atoms in total. The predicted octanol–water partition coefficient (Wildman–Crippen LogP) is 3.74. The molecule has 0 bridgehead atoms. The molecule has 0 saturated carbocycles. The summed E-state index contributed by atoms with van der Waals surface area (Å²) in [6.07, 6.45) is 2.04. The second kappa shape index (κ2) is 5.30. The molecule has 0 aromatic heterocycles. The molecule has 19 heavy (non-hydrogen) atoms. The van der Waals surface area contributed by atoms with Gasteiger partial charge in [-0.3, -0.25) is 0 Å². The number of hydrogen-bond acceptors (Lipinski definition) is 1. The maximum atomic E-state index is 5.97. The lowest BCUT2D eigenvalue weighted by molar-refractivity contribution is 0.0513. The number of hydrogen-bond donors (Lipinski definition) is 0. The van der Waals surface area contributed by atoms with E-state index in [2.05, 4.69) is 24.0 Å². The van der Waals surface area contributed by atoms with E-state index in [0.717, 1.165) is 30.6 Å². The molecule has 1 aliphatic heterocycles. The summed E-state index contributed by atoms with van der Waals surface area (Å²) < 4.78 is 5.97. The normalized spacial score (nSPS) is 21.7. The topological polar surface area (TPSA) is 9.23 Å². The van der Waals surface area contributed by atoms with Gasteiger partial charge in [0.1, 0.15) is 0 Å². The van der Waals surface area contributed by atoms with Gasteiger partial charge < -0.3 is 4.74 Å². The van der Waals surface area contributed by atoms with Crippen molar-refractivity contribution in [3.8, 4) is 11.8 Å².